The van der Waals surface area contributed by atoms with Gasteiger partial charge in [-0.1, -0.05) is 11.6 Å². The van der Waals surface area contributed by atoms with E-state index >= 15 is 0 Å². The van der Waals surface area contributed by atoms with Gasteiger partial charge in [0.2, 0.25) is 5.91 Å². The van der Waals surface area contributed by atoms with Gasteiger partial charge in [0.25, 0.3) is 5.91 Å². The Labute approximate surface area is 165 Å². The van der Waals surface area contributed by atoms with E-state index in [0.717, 1.165) is 22.9 Å². The molecule has 3 rings (SSSR count). The minimum Gasteiger partial charge on any atom is -0.355 e. The Kier molecular flexibility index (Phi) is 6.63. The van der Waals surface area contributed by atoms with Crippen molar-refractivity contribution in [3.63, 3.8) is 0 Å². The zero-order valence-corrected chi connectivity index (χ0v) is 16.9. The molecule has 2 amide bonds. The van der Waals surface area contributed by atoms with E-state index in [1.54, 1.807) is 0 Å². The largest absolute Gasteiger partial charge is 0.355 e. The second-order valence-corrected chi connectivity index (χ2v) is 8.59. The standard InChI is InChI=1S/C17H21ClN4O2S2/c1-2-19-15(23)10-21-6-3-7-22(9-8-21)17(24)12-11-25-16(20-12)13-4-5-14(18)26-13/h4-5,11H,2-3,6-10H2,1H3,(H,19,23). The first-order valence-electron chi connectivity index (χ1n) is 8.56. The van der Waals surface area contributed by atoms with Crippen LogP contribution in [0.25, 0.3) is 9.88 Å². The minimum absolute atomic E-state index is 0.0334. The zero-order valence-electron chi connectivity index (χ0n) is 14.5. The SMILES string of the molecule is CCNC(=O)CN1CCCN(C(=O)c2csc(-c3ccc(Cl)s3)n2)CC1. The van der Waals surface area contributed by atoms with Crippen molar-refractivity contribution in [1.82, 2.24) is 20.1 Å². The Morgan fingerprint density at radius 3 is 2.85 bits per heavy atom. The number of thiazole rings is 1. The van der Waals surface area contributed by atoms with Crippen molar-refractivity contribution in [2.45, 2.75) is 13.3 Å². The van der Waals surface area contributed by atoms with Crippen LogP contribution in [-0.4, -0.2) is 65.9 Å². The second-order valence-electron chi connectivity index (χ2n) is 6.02. The summed E-state index contributed by atoms with van der Waals surface area (Å²) in [6.07, 6.45) is 0.850. The highest BCUT2D eigenvalue weighted by Gasteiger charge is 2.23. The number of aromatic nitrogens is 1. The predicted molar refractivity (Wildman–Crippen MR) is 106 cm³/mol. The maximum absolute atomic E-state index is 12.8. The molecular weight excluding hydrogens is 392 g/mol. The van der Waals surface area contributed by atoms with Crippen LogP contribution in [0.5, 0.6) is 0 Å². The van der Waals surface area contributed by atoms with Crippen molar-refractivity contribution in [3.8, 4) is 9.88 Å². The summed E-state index contributed by atoms with van der Waals surface area (Å²) in [6.45, 7) is 5.73. The molecule has 0 aromatic carbocycles. The summed E-state index contributed by atoms with van der Waals surface area (Å²) in [6, 6.07) is 3.76. The molecule has 2 aromatic heterocycles. The number of rotatable bonds is 5. The molecule has 0 radical (unpaired) electrons. The van der Waals surface area contributed by atoms with Crippen LogP contribution < -0.4 is 5.32 Å². The fourth-order valence-electron chi connectivity index (χ4n) is 2.86. The van der Waals surface area contributed by atoms with E-state index < -0.39 is 0 Å². The van der Waals surface area contributed by atoms with E-state index in [1.807, 2.05) is 29.3 Å². The third kappa shape index (κ3) is 4.82. The first-order chi connectivity index (χ1) is 12.6. The molecule has 0 bridgehead atoms. The van der Waals surface area contributed by atoms with Crippen LogP contribution in [0.1, 0.15) is 23.8 Å². The fourth-order valence-corrected chi connectivity index (χ4v) is 4.77. The Bertz CT molecular complexity index is 776. The maximum atomic E-state index is 12.8. The highest BCUT2D eigenvalue weighted by molar-refractivity contribution is 7.23. The predicted octanol–water partition coefficient (Wildman–Crippen LogP) is 2.81. The van der Waals surface area contributed by atoms with E-state index in [0.29, 0.717) is 42.8 Å². The van der Waals surface area contributed by atoms with Gasteiger partial charge in [-0.05, 0) is 25.5 Å². The number of carbonyl (C=O) groups is 2. The highest BCUT2D eigenvalue weighted by Crippen LogP contribution is 2.33. The number of nitrogens with zero attached hydrogens (tertiary/aromatic N) is 3. The van der Waals surface area contributed by atoms with E-state index in [1.165, 1.54) is 22.7 Å². The lowest BCUT2D eigenvalue weighted by molar-refractivity contribution is -0.122. The molecule has 26 heavy (non-hydrogen) atoms. The monoisotopic (exact) mass is 412 g/mol. The summed E-state index contributed by atoms with van der Waals surface area (Å²) in [5.74, 6) is -0.0129. The lowest BCUT2D eigenvalue weighted by Gasteiger charge is -2.21. The van der Waals surface area contributed by atoms with Crippen LogP contribution in [0.3, 0.4) is 0 Å². The average Bonchev–Trinajstić information content (AvgIpc) is 3.20. The summed E-state index contributed by atoms with van der Waals surface area (Å²) in [5.41, 5.74) is 0.478. The molecule has 2 aromatic rings. The lowest BCUT2D eigenvalue weighted by Crippen LogP contribution is -2.40. The molecular formula is C17H21ClN4O2S2. The van der Waals surface area contributed by atoms with Gasteiger partial charge in [-0.15, -0.1) is 22.7 Å². The summed E-state index contributed by atoms with van der Waals surface area (Å²) < 4.78 is 0.711. The normalized spacial score (nSPS) is 15.7. The Morgan fingerprint density at radius 1 is 1.27 bits per heavy atom. The lowest BCUT2D eigenvalue weighted by atomic mass is 10.3. The van der Waals surface area contributed by atoms with Gasteiger partial charge in [-0.3, -0.25) is 14.5 Å². The van der Waals surface area contributed by atoms with E-state index in [9.17, 15) is 9.59 Å². The van der Waals surface area contributed by atoms with Gasteiger partial charge >= 0.3 is 0 Å². The van der Waals surface area contributed by atoms with Crippen molar-refractivity contribution in [2.75, 3.05) is 39.3 Å². The van der Waals surface area contributed by atoms with Crippen LogP contribution in [0, 0.1) is 0 Å². The van der Waals surface area contributed by atoms with Crippen molar-refractivity contribution in [1.29, 1.82) is 0 Å². The van der Waals surface area contributed by atoms with E-state index in [4.69, 9.17) is 11.6 Å². The first-order valence-corrected chi connectivity index (χ1v) is 10.6. The Morgan fingerprint density at radius 2 is 2.12 bits per heavy atom. The topological polar surface area (TPSA) is 65.5 Å². The van der Waals surface area contributed by atoms with Gasteiger partial charge in [-0.25, -0.2) is 4.98 Å². The minimum atomic E-state index is -0.0463. The van der Waals surface area contributed by atoms with Crippen LogP contribution >= 0.6 is 34.3 Å². The second kappa shape index (κ2) is 8.94. The van der Waals surface area contributed by atoms with Crippen LogP contribution in [0.2, 0.25) is 4.34 Å². The van der Waals surface area contributed by atoms with Gasteiger partial charge in [0.05, 0.1) is 15.8 Å². The number of thiophene rings is 1. The fraction of sp³-hybridized carbons (Fsp3) is 0.471. The molecule has 1 aliphatic heterocycles. The van der Waals surface area contributed by atoms with Gasteiger partial charge in [0.1, 0.15) is 10.7 Å². The van der Waals surface area contributed by atoms with Gasteiger partial charge in [-0.2, -0.15) is 0 Å². The average molecular weight is 413 g/mol. The number of nitrogens with one attached hydrogen (secondary N) is 1. The summed E-state index contributed by atoms with van der Waals surface area (Å²) in [4.78, 5) is 33.9. The number of carbonyl (C=O) groups excluding carboxylic acids is 2. The van der Waals surface area contributed by atoms with Crippen LogP contribution in [0.15, 0.2) is 17.5 Å². The maximum Gasteiger partial charge on any atom is 0.273 e. The zero-order chi connectivity index (χ0) is 18.5. The third-order valence-corrected chi connectivity index (χ3v) is 6.37. The number of hydrogen-bond donors (Lipinski definition) is 1. The molecule has 0 aliphatic carbocycles. The molecule has 1 N–H and O–H groups in total. The molecule has 3 heterocycles. The highest BCUT2D eigenvalue weighted by atomic mass is 35.5. The van der Waals surface area contributed by atoms with Gasteiger partial charge in [0.15, 0.2) is 0 Å². The van der Waals surface area contributed by atoms with Crippen molar-refractivity contribution >= 4 is 46.1 Å². The first kappa shape index (κ1) is 19.3. The van der Waals surface area contributed by atoms with Crippen molar-refractivity contribution in [2.24, 2.45) is 0 Å². The smallest absolute Gasteiger partial charge is 0.273 e. The molecule has 0 spiro atoms. The Hall–Kier alpha value is -1.48. The van der Waals surface area contributed by atoms with E-state index in [2.05, 4.69) is 15.2 Å². The number of halogens is 1. The molecule has 6 nitrogen and oxygen atoms in total. The summed E-state index contributed by atoms with van der Waals surface area (Å²) in [7, 11) is 0. The Balaban J connectivity index is 1.60. The number of hydrogen-bond acceptors (Lipinski definition) is 6. The molecule has 1 aliphatic rings. The number of amides is 2. The van der Waals surface area contributed by atoms with E-state index in [-0.39, 0.29) is 11.8 Å². The molecule has 0 atom stereocenters. The van der Waals surface area contributed by atoms with Gasteiger partial charge < -0.3 is 10.2 Å². The molecule has 0 unspecified atom stereocenters. The molecule has 9 heteroatoms. The third-order valence-electron chi connectivity index (χ3n) is 4.12. The van der Waals surface area contributed by atoms with Gasteiger partial charge in [0, 0.05) is 38.1 Å². The molecule has 1 fully saturated rings. The van der Waals surface area contributed by atoms with Crippen LogP contribution in [-0.2, 0) is 4.79 Å². The molecule has 140 valence electrons. The van der Waals surface area contributed by atoms with Crippen molar-refractivity contribution < 1.29 is 9.59 Å². The molecule has 1 saturated heterocycles. The summed E-state index contributed by atoms with van der Waals surface area (Å²) >= 11 is 8.89. The quantitative estimate of drug-likeness (QED) is 0.820. The summed E-state index contributed by atoms with van der Waals surface area (Å²) in [5, 5.41) is 5.44. The number of likely N-dealkylation sites (N-methyl/N-ethyl adjacent to an activating group) is 1. The molecule has 0 saturated carbocycles. The van der Waals surface area contributed by atoms with Crippen molar-refractivity contribution in [3.05, 3.63) is 27.5 Å². The van der Waals surface area contributed by atoms with Crippen LogP contribution in [0.4, 0.5) is 0 Å².